The summed E-state index contributed by atoms with van der Waals surface area (Å²) in [6.45, 7) is 0.284. The Morgan fingerprint density at radius 2 is 2.03 bits per heavy atom. The van der Waals surface area contributed by atoms with E-state index in [-0.39, 0.29) is 18.3 Å². The summed E-state index contributed by atoms with van der Waals surface area (Å²) in [6.07, 6.45) is 6.42. The minimum Gasteiger partial charge on any atom is -0.439 e. The van der Waals surface area contributed by atoms with Crippen LogP contribution in [0.1, 0.15) is 11.3 Å². The number of aromatic nitrogens is 3. The number of hydrogen-bond donors (Lipinski definition) is 1. The van der Waals surface area contributed by atoms with Gasteiger partial charge in [0.25, 0.3) is 0 Å². The average Bonchev–Trinajstić information content (AvgIpc) is 3.07. The molecule has 8 heteroatoms. The topological polar surface area (TPSA) is 68.5 Å². The number of nitrogens with zero attached hydrogens (tertiary/aromatic N) is 3. The summed E-state index contributed by atoms with van der Waals surface area (Å²) in [5, 5.41) is 3.12. The van der Waals surface area contributed by atoms with E-state index >= 15 is 0 Å². The van der Waals surface area contributed by atoms with E-state index in [4.69, 9.17) is 16.3 Å². The van der Waals surface area contributed by atoms with E-state index in [1.165, 1.54) is 30.3 Å². The molecular formula is C22H16ClFN4O2. The Balaban J connectivity index is 1.38. The Morgan fingerprint density at radius 3 is 2.87 bits per heavy atom. The van der Waals surface area contributed by atoms with Crippen LogP contribution in [-0.2, 0) is 11.3 Å². The third-order valence-corrected chi connectivity index (χ3v) is 4.49. The van der Waals surface area contributed by atoms with Crippen molar-refractivity contribution in [3.63, 3.8) is 0 Å². The predicted octanol–water partition coefficient (Wildman–Crippen LogP) is 4.64. The lowest BCUT2D eigenvalue weighted by atomic mass is 10.2. The highest BCUT2D eigenvalue weighted by Gasteiger charge is 2.07. The molecule has 6 nitrogen and oxygen atoms in total. The molecule has 3 aromatic heterocycles. The van der Waals surface area contributed by atoms with E-state index in [0.29, 0.717) is 28.1 Å². The summed E-state index contributed by atoms with van der Waals surface area (Å²) < 4.78 is 20.4. The molecule has 1 aromatic carbocycles. The van der Waals surface area contributed by atoms with Gasteiger partial charge in [-0.25, -0.2) is 14.4 Å². The molecule has 0 aliphatic rings. The van der Waals surface area contributed by atoms with Crippen molar-refractivity contribution in [3.8, 4) is 11.6 Å². The first kappa shape index (κ1) is 19.6. The van der Waals surface area contributed by atoms with Crippen LogP contribution in [0, 0.1) is 5.82 Å². The monoisotopic (exact) mass is 422 g/mol. The second kappa shape index (κ2) is 8.75. The van der Waals surface area contributed by atoms with Crippen LogP contribution in [0.2, 0.25) is 5.15 Å². The van der Waals surface area contributed by atoms with Crippen molar-refractivity contribution in [3.05, 3.63) is 95.3 Å². The minimum atomic E-state index is -0.343. The van der Waals surface area contributed by atoms with Gasteiger partial charge in [0.1, 0.15) is 17.2 Å². The maximum Gasteiger partial charge on any atom is 0.244 e. The molecular weight excluding hydrogens is 407 g/mol. The number of ether oxygens (including phenoxy) is 1. The van der Waals surface area contributed by atoms with E-state index in [0.717, 1.165) is 5.56 Å². The van der Waals surface area contributed by atoms with Gasteiger partial charge >= 0.3 is 0 Å². The van der Waals surface area contributed by atoms with Gasteiger partial charge in [0.15, 0.2) is 5.15 Å². The van der Waals surface area contributed by atoms with E-state index in [1.54, 1.807) is 28.8 Å². The van der Waals surface area contributed by atoms with E-state index < -0.39 is 0 Å². The number of halogens is 2. The Hall–Kier alpha value is -3.71. The molecule has 0 aliphatic carbocycles. The first-order chi connectivity index (χ1) is 14.6. The predicted molar refractivity (Wildman–Crippen MR) is 112 cm³/mol. The SMILES string of the molecule is O=C(/C=C/c1c(Cl)nc2ccccn12)NCc1ccnc(Oc2ccc(F)cc2)c1. The van der Waals surface area contributed by atoms with Crippen LogP contribution in [0.15, 0.2) is 73.1 Å². The lowest BCUT2D eigenvalue weighted by molar-refractivity contribution is -0.116. The number of hydrogen-bond acceptors (Lipinski definition) is 4. The molecule has 0 saturated carbocycles. The molecule has 1 amide bonds. The largest absolute Gasteiger partial charge is 0.439 e. The maximum absolute atomic E-state index is 13.0. The lowest BCUT2D eigenvalue weighted by Gasteiger charge is -2.07. The highest BCUT2D eigenvalue weighted by atomic mass is 35.5. The van der Waals surface area contributed by atoms with Gasteiger partial charge in [0.2, 0.25) is 11.8 Å². The molecule has 0 saturated heterocycles. The standard InChI is InChI=1S/C22H16ClFN4O2/c23-22-18(28-12-2-1-3-19(28)27-22)8-9-20(29)26-14-15-10-11-25-21(13-15)30-17-6-4-16(24)5-7-17/h1-13H,14H2,(H,26,29)/b9-8+. The molecule has 0 atom stereocenters. The van der Waals surface area contributed by atoms with Crippen molar-refractivity contribution >= 4 is 29.2 Å². The summed E-state index contributed by atoms with van der Waals surface area (Å²) in [7, 11) is 0. The fraction of sp³-hybridized carbons (Fsp3) is 0.0455. The number of nitrogens with one attached hydrogen (secondary N) is 1. The van der Waals surface area contributed by atoms with Crippen LogP contribution in [0.25, 0.3) is 11.7 Å². The van der Waals surface area contributed by atoms with Gasteiger partial charge in [-0.15, -0.1) is 0 Å². The number of carbonyl (C=O) groups is 1. The van der Waals surface area contributed by atoms with Crippen LogP contribution >= 0.6 is 11.6 Å². The third kappa shape index (κ3) is 4.64. The van der Waals surface area contributed by atoms with Crippen LogP contribution in [-0.4, -0.2) is 20.3 Å². The summed E-state index contributed by atoms with van der Waals surface area (Å²) >= 11 is 6.16. The molecule has 0 bridgehead atoms. The van der Waals surface area contributed by atoms with Crippen molar-refractivity contribution in [2.75, 3.05) is 0 Å². The molecule has 0 spiro atoms. The van der Waals surface area contributed by atoms with E-state index in [9.17, 15) is 9.18 Å². The zero-order valence-corrected chi connectivity index (χ0v) is 16.4. The van der Waals surface area contributed by atoms with E-state index in [2.05, 4.69) is 15.3 Å². The summed E-state index contributed by atoms with van der Waals surface area (Å²) in [6, 6.07) is 14.7. The number of amides is 1. The van der Waals surface area contributed by atoms with Crippen molar-refractivity contribution in [1.82, 2.24) is 19.7 Å². The number of rotatable bonds is 6. The number of imidazole rings is 1. The quantitative estimate of drug-likeness (QED) is 0.459. The van der Waals surface area contributed by atoms with Gasteiger partial charge in [-0.1, -0.05) is 17.7 Å². The molecule has 0 unspecified atom stereocenters. The molecule has 0 radical (unpaired) electrons. The Labute approximate surface area is 176 Å². The molecule has 1 N–H and O–H groups in total. The Bertz CT molecular complexity index is 1220. The maximum atomic E-state index is 13.0. The van der Waals surface area contributed by atoms with Crippen LogP contribution in [0.5, 0.6) is 11.6 Å². The number of benzene rings is 1. The fourth-order valence-corrected chi connectivity index (χ4v) is 3.02. The number of fused-ring (bicyclic) bond motifs is 1. The second-order valence-electron chi connectivity index (χ2n) is 6.33. The van der Waals surface area contributed by atoms with Gasteiger partial charge in [0, 0.05) is 31.1 Å². The molecule has 0 fully saturated rings. The Kier molecular flexibility index (Phi) is 5.72. The van der Waals surface area contributed by atoms with Gasteiger partial charge in [-0.05, 0) is 54.1 Å². The van der Waals surface area contributed by atoms with Gasteiger partial charge in [-0.2, -0.15) is 0 Å². The zero-order valence-electron chi connectivity index (χ0n) is 15.6. The molecule has 30 heavy (non-hydrogen) atoms. The van der Waals surface area contributed by atoms with Gasteiger partial charge in [0.05, 0.1) is 5.69 Å². The molecule has 3 heterocycles. The first-order valence-corrected chi connectivity index (χ1v) is 9.43. The van der Waals surface area contributed by atoms with E-state index in [1.807, 2.05) is 24.4 Å². The van der Waals surface area contributed by atoms with Crippen molar-refractivity contribution in [1.29, 1.82) is 0 Å². The normalized spacial score (nSPS) is 11.1. The van der Waals surface area contributed by atoms with Gasteiger partial charge < -0.3 is 10.1 Å². The highest BCUT2D eigenvalue weighted by Crippen LogP contribution is 2.21. The molecule has 4 aromatic rings. The van der Waals surface area contributed by atoms with Crippen molar-refractivity contribution in [2.24, 2.45) is 0 Å². The molecule has 150 valence electrons. The van der Waals surface area contributed by atoms with Crippen LogP contribution < -0.4 is 10.1 Å². The first-order valence-electron chi connectivity index (χ1n) is 9.05. The number of pyridine rings is 2. The second-order valence-corrected chi connectivity index (χ2v) is 6.68. The summed E-state index contributed by atoms with van der Waals surface area (Å²) in [4.78, 5) is 20.6. The fourth-order valence-electron chi connectivity index (χ4n) is 2.78. The number of carbonyl (C=O) groups excluding carboxylic acids is 1. The smallest absolute Gasteiger partial charge is 0.244 e. The van der Waals surface area contributed by atoms with Crippen LogP contribution in [0.4, 0.5) is 4.39 Å². The molecule has 4 rings (SSSR count). The van der Waals surface area contributed by atoms with Crippen molar-refractivity contribution in [2.45, 2.75) is 6.54 Å². The van der Waals surface area contributed by atoms with Gasteiger partial charge in [-0.3, -0.25) is 9.20 Å². The Morgan fingerprint density at radius 1 is 1.20 bits per heavy atom. The summed E-state index contributed by atoms with van der Waals surface area (Å²) in [5.41, 5.74) is 2.13. The lowest BCUT2D eigenvalue weighted by Crippen LogP contribution is -2.20. The highest BCUT2D eigenvalue weighted by molar-refractivity contribution is 6.31. The third-order valence-electron chi connectivity index (χ3n) is 4.22. The zero-order chi connectivity index (χ0) is 20.9. The average molecular weight is 423 g/mol. The van der Waals surface area contributed by atoms with Crippen LogP contribution in [0.3, 0.4) is 0 Å². The molecule has 0 aliphatic heterocycles. The van der Waals surface area contributed by atoms with Crippen molar-refractivity contribution < 1.29 is 13.9 Å². The minimum absolute atomic E-state index is 0.283. The summed E-state index contributed by atoms with van der Waals surface area (Å²) in [5.74, 6) is 0.194.